The second-order valence-corrected chi connectivity index (χ2v) is 6.21. The van der Waals surface area contributed by atoms with Crippen molar-refractivity contribution in [1.29, 1.82) is 0 Å². The van der Waals surface area contributed by atoms with Gasteiger partial charge in [-0.15, -0.1) is 0 Å². The Kier molecular flexibility index (Phi) is 4.63. The predicted octanol–water partition coefficient (Wildman–Crippen LogP) is 3.52. The van der Waals surface area contributed by atoms with Crippen LogP contribution in [0.2, 0.25) is 0 Å². The number of aliphatic hydroxyl groups is 1. The molecule has 0 radical (unpaired) electrons. The molecule has 1 aliphatic rings. The van der Waals surface area contributed by atoms with E-state index in [4.69, 9.17) is 0 Å². The quantitative estimate of drug-likeness (QED) is 0.923. The fraction of sp³-hybridized carbons (Fsp3) is 0.625. The third-order valence-corrected chi connectivity index (χ3v) is 4.36. The Hall–Kier alpha value is -1.07. The molecule has 0 aliphatic carbocycles. The molecular weight excluding hydrogens is 279 g/mol. The molecule has 0 saturated carbocycles. The summed E-state index contributed by atoms with van der Waals surface area (Å²) in [7, 11) is 0. The summed E-state index contributed by atoms with van der Waals surface area (Å²) in [4.78, 5) is 2.00. The van der Waals surface area contributed by atoms with Gasteiger partial charge in [-0.1, -0.05) is 29.8 Å². The van der Waals surface area contributed by atoms with Gasteiger partial charge in [-0.3, -0.25) is 4.90 Å². The highest BCUT2D eigenvalue weighted by Crippen LogP contribution is 2.39. The largest absolute Gasteiger partial charge is 0.417 e. The lowest BCUT2D eigenvalue weighted by Gasteiger charge is -2.41. The summed E-state index contributed by atoms with van der Waals surface area (Å²) >= 11 is 0. The minimum Gasteiger partial charge on any atom is -0.380 e. The summed E-state index contributed by atoms with van der Waals surface area (Å²) in [6.45, 7) is 4.58. The van der Waals surface area contributed by atoms with Crippen LogP contribution in [0.1, 0.15) is 30.9 Å². The number of piperidine rings is 1. The lowest BCUT2D eigenvalue weighted by molar-refractivity contribution is -0.276. The molecule has 2 nitrogen and oxygen atoms in total. The van der Waals surface area contributed by atoms with Crippen LogP contribution in [0.3, 0.4) is 0 Å². The molecule has 5 heteroatoms. The number of hydrogen-bond acceptors (Lipinski definition) is 2. The third-order valence-electron chi connectivity index (χ3n) is 4.36. The fourth-order valence-electron chi connectivity index (χ4n) is 2.96. The predicted molar refractivity (Wildman–Crippen MR) is 75.9 cm³/mol. The standard InChI is InChI=1S/C16H22F3NO/c1-12-5-3-6-13(9-12)10-20-8-4-7-14(11-20)15(2,21)16(17,18)19/h3,5-6,9,14,21H,4,7-8,10-11H2,1-2H3. The van der Waals surface area contributed by atoms with Gasteiger partial charge in [0.2, 0.25) is 0 Å². The van der Waals surface area contributed by atoms with Crippen LogP contribution in [0.15, 0.2) is 24.3 Å². The van der Waals surface area contributed by atoms with Crippen molar-refractivity contribution in [2.45, 2.75) is 45.0 Å². The van der Waals surface area contributed by atoms with Gasteiger partial charge in [-0.05, 0) is 38.8 Å². The van der Waals surface area contributed by atoms with Crippen LogP contribution < -0.4 is 0 Å². The Bertz CT molecular complexity index is 485. The van der Waals surface area contributed by atoms with E-state index in [0.717, 1.165) is 24.6 Å². The summed E-state index contributed by atoms with van der Waals surface area (Å²) in [5.74, 6) is -0.768. The highest BCUT2D eigenvalue weighted by Gasteiger charge is 2.55. The molecule has 1 N–H and O–H groups in total. The van der Waals surface area contributed by atoms with Crippen LogP contribution in [-0.4, -0.2) is 34.9 Å². The molecule has 118 valence electrons. The number of halogens is 3. The highest BCUT2D eigenvalue weighted by molar-refractivity contribution is 5.22. The molecule has 1 saturated heterocycles. The van der Waals surface area contributed by atoms with Crippen molar-refractivity contribution in [3.63, 3.8) is 0 Å². The smallest absolute Gasteiger partial charge is 0.380 e. The minimum atomic E-state index is -4.58. The van der Waals surface area contributed by atoms with Crippen LogP contribution in [0, 0.1) is 12.8 Å². The Labute approximate surface area is 123 Å². The summed E-state index contributed by atoms with van der Waals surface area (Å²) in [5, 5.41) is 9.85. The molecule has 2 unspecified atom stereocenters. The van der Waals surface area contributed by atoms with Gasteiger partial charge in [0.05, 0.1) is 0 Å². The number of benzene rings is 1. The van der Waals surface area contributed by atoms with Gasteiger partial charge in [0.15, 0.2) is 5.60 Å². The molecule has 1 heterocycles. The summed E-state index contributed by atoms with van der Waals surface area (Å²) in [6.07, 6.45) is -3.48. The molecule has 0 amide bonds. The molecule has 1 aliphatic heterocycles. The zero-order valence-corrected chi connectivity index (χ0v) is 12.5. The van der Waals surface area contributed by atoms with Gasteiger partial charge in [0.25, 0.3) is 0 Å². The monoisotopic (exact) mass is 301 g/mol. The lowest BCUT2D eigenvalue weighted by atomic mass is 9.82. The Morgan fingerprint density at radius 2 is 2.05 bits per heavy atom. The second-order valence-electron chi connectivity index (χ2n) is 6.21. The van der Waals surface area contributed by atoms with Crippen LogP contribution in [-0.2, 0) is 6.54 Å². The molecular formula is C16H22F3NO. The maximum absolute atomic E-state index is 13.0. The maximum atomic E-state index is 13.0. The molecule has 2 rings (SSSR count). The van der Waals surface area contributed by atoms with Gasteiger partial charge in [0, 0.05) is 19.0 Å². The SMILES string of the molecule is Cc1cccc(CN2CCCC(C(C)(O)C(F)(F)F)C2)c1. The molecule has 0 spiro atoms. The molecule has 2 atom stereocenters. The first-order valence-corrected chi connectivity index (χ1v) is 7.27. The van der Waals surface area contributed by atoms with E-state index in [9.17, 15) is 18.3 Å². The van der Waals surface area contributed by atoms with Crippen LogP contribution in [0.4, 0.5) is 13.2 Å². The molecule has 0 aromatic heterocycles. The van der Waals surface area contributed by atoms with Crippen molar-refractivity contribution in [3.05, 3.63) is 35.4 Å². The highest BCUT2D eigenvalue weighted by atomic mass is 19.4. The van der Waals surface area contributed by atoms with Crippen molar-refractivity contribution in [2.75, 3.05) is 13.1 Å². The number of rotatable bonds is 3. The van der Waals surface area contributed by atoms with E-state index in [1.54, 1.807) is 0 Å². The third kappa shape index (κ3) is 3.77. The van der Waals surface area contributed by atoms with Crippen LogP contribution >= 0.6 is 0 Å². The molecule has 21 heavy (non-hydrogen) atoms. The average molecular weight is 301 g/mol. The van der Waals surface area contributed by atoms with Crippen molar-refractivity contribution in [2.24, 2.45) is 5.92 Å². The number of hydrogen-bond donors (Lipinski definition) is 1. The number of nitrogens with zero attached hydrogens (tertiary/aromatic N) is 1. The van der Waals surface area contributed by atoms with Crippen molar-refractivity contribution >= 4 is 0 Å². The van der Waals surface area contributed by atoms with Gasteiger partial charge in [0.1, 0.15) is 0 Å². The number of aryl methyl sites for hydroxylation is 1. The normalized spacial score (nSPS) is 23.8. The van der Waals surface area contributed by atoms with Crippen molar-refractivity contribution in [3.8, 4) is 0 Å². The average Bonchev–Trinajstić information content (AvgIpc) is 2.37. The lowest BCUT2D eigenvalue weighted by Crippen LogP contribution is -2.54. The van der Waals surface area contributed by atoms with E-state index in [0.29, 0.717) is 19.4 Å². The van der Waals surface area contributed by atoms with Crippen molar-refractivity contribution < 1.29 is 18.3 Å². The van der Waals surface area contributed by atoms with Gasteiger partial charge >= 0.3 is 6.18 Å². The first kappa shape index (κ1) is 16.3. The van der Waals surface area contributed by atoms with E-state index in [1.165, 1.54) is 0 Å². The van der Waals surface area contributed by atoms with E-state index >= 15 is 0 Å². The Morgan fingerprint density at radius 1 is 1.33 bits per heavy atom. The summed E-state index contributed by atoms with van der Waals surface area (Å²) < 4.78 is 38.9. The topological polar surface area (TPSA) is 23.5 Å². The molecule has 1 fully saturated rings. The van der Waals surface area contributed by atoms with Crippen LogP contribution in [0.5, 0.6) is 0 Å². The summed E-state index contributed by atoms with van der Waals surface area (Å²) in [6, 6.07) is 7.99. The van der Waals surface area contributed by atoms with Crippen molar-refractivity contribution in [1.82, 2.24) is 4.90 Å². The van der Waals surface area contributed by atoms with Gasteiger partial charge < -0.3 is 5.11 Å². The first-order chi connectivity index (χ1) is 9.70. The van der Waals surface area contributed by atoms with Gasteiger partial charge in [-0.25, -0.2) is 0 Å². The zero-order valence-electron chi connectivity index (χ0n) is 12.5. The second kappa shape index (κ2) is 5.97. The first-order valence-electron chi connectivity index (χ1n) is 7.27. The Morgan fingerprint density at radius 3 is 2.67 bits per heavy atom. The van der Waals surface area contributed by atoms with E-state index in [-0.39, 0.29) is 6.54 Å². The number of alkyl halides is 3. The minimum absolute atomic E-state index is 0.278. The number of likely N-dealkylation sites (tertiary alicyclic amines) is 1. The molecule has 1 aromatic carbocycles. The fourth-order valence-corrected chi connectivity index (χ4v) is 2.96. The zero-order chi connectivity index (χ0) is 15.7. The molecule has 0 bridgehead atoms. The van der Waals surface area contributed by atoms with Crippen LogP contribution in [0.25, 0.3) is 0 Å². The van der Waals surface area contributed by atoms with Gasteiger partial charge in [-0.2, -0.15) is 13.2 Å². The Balaban J connectivity index is 2.04. The van der Waals surface area contributed by atoms with E-state index < -0.39 is 17.7 Å². The maximum Gasteiger partial charge on any atom is 0.417 e. The summed E-state index contributed by atoms with van der Waals surface area (Å²) in [5.41, 5.74) is -0.371. The molecule has 1 aromatic rings. The van der Waals surface area contributed by atoms with E-state index in [1.807, 2.05) is 36.1 Å². The van der Waals surface area contributed by atoms with E-state index in [2.05, 4.69) is 0 Å².